The molecule has 0 aliphatic heterocycles. The smallest absolute Gasteiger partial charge is 0.251 e. The minimum Gasteiger partial charge on any atom is -0.322 e. The van der Waals surface area contributed by atoms with E-state index in [9.17, 15) is 4.79 Å². The molecular weight excluding hydrogens is 354 g/mol. The molecule has 29 heavy (non-hydrogen) atoms. The summed E-state index contributed by atoms with van der Waals surface area (Å²) in [5.74, 6) is 0.00263. The Morgan fingerprint density at radius 2 is 1.62 bits per heavy atom. The molecule has 3 aromatic carbocycles. The molecule has 2 nitrogen and oxygen atoms in total. The normalized spacial score (nSPS) is 13.2. The van der Waals surface area contributed by atoms with Gasteiger partial charge in [-0.3, -0.25) is 4.79 Å². The number of aryl methyl sites for hydroxylation is 3. The van der Waals surface area contributed by atoms with Crippen molar-refractivity contribution in [3.63, 3.8) is 0 Å². The summed E-state index contributed by atoms with van der Waals surface area (Å²) in [4.78, 5) is 12.9. The molecule has 0 atom stereocenters. The molecule has 0 heterocycles. The third-order valence-corrected chi connectivity index (χ3v) is 5.66. The second-order valence-corrected chi connectivity index (χ2v) is 7.81. The maximum atomic E-state index is 12.9. The second kappa shape index (κ2) is 8.48. The number of hydrogen-bond donors (Lipinski definition) is 1. The average Bonchev–Trinajstić information content (AvgIpc) is 2.97. The quantitative estimate of drug-likeness (QED) is 0.543. The number of rotatable bonds is 4. The van der Waals surface area contributed by atoms with Gasteiger partial charge in [0.05, 0.1) is 0 Å². The largest absolute Gasteiger partial charge is 0.322 e. The van der Waals surface area contributed by atoms with E-state index in [-0.39, 0.29) is 5.91 Å². The predicted octanol–water partition coefficient (Wildman–Crippen LogP) is 6.58. The van der Waals surface area contributed by atoms with E-state index in [0.29, 0.717) is 0 Å². The van der Waals surface area contributed by atoms with Crippen LogP contribution in [-0.2, 0) is 17.6 Å². The highest BCUT2D eigenvalue weighted by Gasteiger charge is 2.15. The van der Waals surface area contributed by atoms with Crippen LogP contribution in [0.15, 0.2) is 72.3 Å². The van der Waals surface area contributed by atoms with Crippen molar-refractivity contribution in [2.45, 2.75) is 39.5 Å². The molecule has 3 aromatic rings. The Morgan fingerprint density at radius 1 is 0.897 bits per heavy atom. The number of anilines is 1. The van der Waals surface area contributed by atoms with Crippen molar-refractivity contribution in [3.8, 4) is 11.1 Å². The van der Waals surface area contributed by atoms with Gasteiger partial charge in [0.15, 0.2) is 0 Å². The summed E-state index contributed by atoms with van der Waals surface area (Å²) in [6.45, 7) is 4.23. The number of fused-ring (bicyclic) bond motifs is 1. The first-order valence-electron chi connectivity index (χ1n) is 10.4. The minimum absolute atomic E-state index is 0.00263. The number of carbonyl (C=O) groups is 1. The highest BCUT2D eigenvalue weighted by atomic mass is 16.1. The number of amides is 1. The van der Waals surface area contributed by atoms with Gasteiger partial charge in [-0.1, -0.05) is 61.0 Å². The van der Waals surface area contributed by atoms with Crippen molar-refractivity contribution in [1.82, 2.24) is 0 Å². The standard InChI is InChI=1S/C27H27NO/c1-3-20-9-15-26(16-10-20)28-27(29)24-6-4-5-21-13-14-23(17-25(21)18-24)22-11-7-19(2)8-12-22/h7-18H,3-6H2,1-2H3,(H,28,29). The highest BCUT2D eigenvalue weighted by Crippen LogP contribution is 2.29. The molecule has 0 bridgehead atoms. The molecule has 0 unspecified atom stereocenters. The lowest BCUT2D eigenvalue weighted by molar-refractivity contribution is -0.112. The lowest BCUT2D eigenvalue weighted by atomic mass is 9.97. The van der Waals surface area contributed by atoms with E-state index in [2.05, 4.69) is 79.8 Å². The Balaban J connectivity index is 1.60. The second-order valence-electron chi connectivity index (χ2n) is 7.81. The molecule has 0 fully saturated rings. The fraction of sp³-hybridized carbons (Fsp3) is 0.222. The van der Waals surface area contributed by atoms with Gasteiger partial charge in [0.2, 0.25) is 0 Å². The number of carbonyl (C=O) groups excluding carboxylic acids is 1. The van der Waals surface area contributed by atoms with Gasteiger partial charge in [-0.05, 0) is 84.7 Å². The first kappa shape index (κ1) is 19.2. The molecule has 2 heteroatoms. The maximum absolute atomic E-state index is 12.9. The molecule has 0 aromatic heterocycles. The lowest BCUT2D eigenvalue weighted by Gasteiger charge is -2.09. The van der Waals surface area contributed by atoms with Gasteiger partial charge in [0.1, 0.15) is 0 Å². The van der Waals surface area contributed by atoms with Crippen molar-refractivity contribution in [3.05, 3.63) is 94.6 Å². The number of nitrogens with one attached hydrogen (secondary N) is 1. The summed E-state index contributed by atoms with van der Waals surface area (Å²) < 4.78 is 0. The minimum atomic E-state index is 0.00263. The van der Waals surface area contributed by atoms with Gasteiger partial charge in [0.25, 0.3) is 5.91 Å². The van der Waals surface area contributed by atoms with Gasteiger partial charge in [0, 0.05) is 11.3 Å². The Bertz CT molecular complexity index is 1040. The van der Waals surface area contributed by atoms with Crippen LogP contribution < -0.4 is 5.32 Å². The lowest BCUT2D eigenvalue weighted by Crippen LogP contribution is -2.14. The van der Waals surface area contributed by atoms with Gasteiger partial charge < -0.3 is 5.32 Å². The zero-order valence-electron chi connectivity index (χ0n) is 17.2. The van der Waals surface area contributed by atoms with Crippen LogP contribution in [0.4, 0.5) is 5.69 Å². The molecule has 0 saturated heterocycles. The summed E-state index contributed by atoms with van der Waals surface area (Å²) in [7, 11) is 0. The molecule has 1 amide bonds. The van der Waals surface area contributed by atoms with E-state index in [1.54, 1.807) is 0 Å². The Labute approximate surface area is 173 Å². The van der Waals surface area contributed by atoms with E-state index >= 15 is 0 Å². The average molecular weight is 382 g/mol. The van der Waals surface area contributed by atoms with E-state index < -0.39 is 0 Å². The Hall–Kier alpha value is -3.13. The van der Waals surface area contributed by atoms with Crippen molar-refractivity contribution in [1.29, 1.82) is 0 Å². The van der Waals surface area contributed by atoms with Crippen LogP contribution in [0.3, 0.4) is 0 Å². The molecule has 0 radical (unpaired) electrons. The number of benzene rings is 3. The summed E-state index contributed by atoms with van der Waals surface area (Å²) in [5, 5.41) is 3.07. The zero-order chi connectivity index (χ0) is 20.2. The van der Waals surface area contributed by atoms with E-state index in [1.807, 2.05) is 12.1 Å². The van der Waals surface area contributed by atoms with Crippen LogP contribution in [0.2, 0.25) is 0 Å². The number of hydrogen-bond acceptors (Lipinski definition) is 1. The summed E-state index contributed by atoms with van der Waals surface area (Å²) in [6, 6.07) is 23.3. The third-order valence-electron chi connectivity index (χ3n) is 5.66. The van der Waals surface area contributed by atoms with Crippen LogP contribution >= 0.6 is 0 Å². The van der Waals surface area contributed by atoms with Crippen molar-refractivity contribution in [2.75, 3.05) is 5.32 Å². The molecule has 0 spiro atoms. The maximum Gasteiger partial charge on any atom is 0.251 e. The fourth-order valence-corrected chi connectivity index (χ4v) is 3.83. The van der Waals surface area contributed by atoms with Crippen LogP contribution in [0.25, 0.3) is 17.2 Å². The van der Waals surface area contributed by atoms with Gasteiger partial charge in [-0.2, -0.15) is 0 Å². The molecule has 0 saturated carbocycles. The van der Waals surface area contributed by atoms with Crippen molar-refractivity contribution in [2.24, 2.45) is 0 Å². The topological polar surface area (TPSA) is 29.1 Å². The molecule has 1 aliphatic rings. The SMILES string of the molecule is CCc1ccc(NC(=O)C2=Cc3cc(-c4ccc(C)cc4)ccc3CCC2)cc1. The predicted molar refractivity (Wildman–Crippen MR) is 122 cm³/mol. The summed E-state index contributed by atoms with van der Waals surface area (Å²) >= 11 is 0. The van der Waals surface area contributed by atoms with Gasteiger partial charge >= 0.3 is 0 Å². The molecular formula is C27H27NO. The zero-order valence-corrected chi connectivity index (χ0v) is 17.2. The summed E-state index contributed by atoms with van der Waals surface area (Å²) in [5.41, 5.74) is 9.11. The van der Waals surface area contributed by atoms with Crippen molar-refractivity contribution >= 4 is 17.7 Å². The fourth-order valence-electron chi connectivity index (χ4n) is 3.83. The van der Waals surface area contributed by atoms with Gasteiger partial charge in [-0.15, -0.1) is 0 Å². The van der Waals surface area contributed by atoms with Gasteiger partial charge in [-0.25, -0.2) is 0 Å². The Kier molecular flexibility index (Phi) is 5.62. The third kappa shape index (κ3) is 4.48. The van der Waals surface area contributed by atoms with Crippen molar-refractivity contribution < 1.29 is 4.79 Å². The first-order chi connectivity index (χ1) is 14.1. The monoisotopic (exact) mass is 381 g/mol. The van der Waals surface area contributed by atoms with Crippen LogP contribution in [0, 0.1) is 6.92 Å². The molecule has 1 aliphatic carbocycles. The van der Waals surface area contributed by atoms with E-state index in [4.69, 9.17) is 0 Å². The molecule has 4 rings (SSSR count). The summed E-state index contributed by atoms with van der Waals surface area (Å²) in [6.07, 6.45) is 5.87. The molecule has 146 valence electrons. The van der Waals surface area contributed by atoms with E-state index in [1.165, 1.54) is 27.8 Å². The van der Waals surface area contributed by atoms with Crippen LogP contribution in [0.1, 0.15) is 42.0 Å². The van der Waals surface area contributed by atoms with E-state index in [0.717, 1.165) is 42.5 Å². The van der Waals surface area contributed by atoms with Crippen LogP contribution in [-0.4, -0.2) is 5.91 Å². The Morgan fingerprint density at radius 3 is 2.34 bits per heavy atom. The molecule has 1 N–H and O–H groups in total. The highest BCUT2D eigenvalue weighted by molar-refractivity contribution is 6.07. The van der Waals surface area contributed by atoms with Crippen LogP contribution in [0.5, 0.6) is 0 Å². The first-order valence-corrected chi connectivity index (χ1v) is 10.4.